The van der Waals surface area contributed by atoms with Gasteiger partial charge in [0.15, 0.2) is 0 Å². The predicted molar refractivity (Wildman–Crippen MR) is 80.9 cm³/mol. The molecule has 1 fully saturated rings. The van der Waals surface area contributed by atoms with Crippen LogP contribution in [0.15, 0.2) is 0 Å². The van der Waals surface area contributed by atoms with Crippen molar-refractivity contribution in [2.24, 2.45) is 17.3 Å². The molecule has 1 N–H and O–H groups in total. The molecule has 0 radical (unpaired) electrons. The summed E-state index contributed by atoms with van der Waals surface area (Å²) in [7, 11) is 0. The van der Waals surface area contributed by atoms with Crippen molar-refractivity contribution in [2.45, 2.75) is 52.9 Å². The van der Waals surface area contributed by atoms with E-state index in [0.29, 0.717) is 17.2 Å². The van der Waals surface area contributed by atoms with Gasteiger partial charge in [0.1, 0.15) is 0 Å². The monoisotopic (exact) mass is 271 g/mol. The Hall–Kier alpha value is -0.180. The number of carbonyl (C=O) groups is 1. The van der Waals surface area contributed by atoms with Crippen LogP contribution in [0.25, 0.3) is 0 Å². The molecular formula is C15H29NOS. The molecule has 0 bridgehead atoms. The highest BCUT2D eigenvalue weighted by Gasteiger charge is 2.37. The maximum atomic E-state index is 12.2. The van der Waals surface area contributed by atoms with E-state index in [1.165, 1.54) is 12.8 Å². The van der Waals surface area contributed by atoms with Gasteiger partial charge in [0.2, 0.25) is 5.91 Å². The molecule has 0 saturated heterocycles. The molecule has 2 unspecified atom stereocenters. The van der Waals surface area contributed by atoms with Gasteiger partial charge in [-0.15, -0.1) is 0 Å². The number of hydrogen-bond acceptors (Lipinski definition) is 2. The summed E-state index contributed by atoms with van der Waals surface area (Å²) >= 11 is 1.84. The summed E-state index contributed by atoms with van der Waals surface area (Å²) in [6.07, 6.45) is 7.83. The summed E-state index contributed by atoms with van der Waals surface area (Å²) in [5.41, 5.74) is 0.361. The smallest absolute Gasteiger partial charge is 0.223 e. The van der Waals surface area contributed by atoms with Gasteiger partial charge in [-0.3, -0.25) is 4.79 Å². The topological polar surface area (TPSA) is 29.1 Å². The standard InChI is InChI=1S/C15H29NOS/c1-12(2)15(3)8-5-7-13(11-15)14(17)16-9-6-10-18-4/h12-13H,5-11H2,1-4H3,(H,16,17). The van der Waals surface area contributed by atoms with Crippen LogP contribution < -0.4 is 5.32 Å². The van der Waals surface area contributed by atoms with Gasteiger partial charge >= 0.3 is 0 Å². The van der Waals surface area contributed by atoms with Crippen LogP contribution in [0.3, 0.4) is 0 Å². The lowest BCUT2D eigenvalue weighted by Crippen LogP contribution is -2.39. The molecule has 18 heavy (non-hydrogen) atoms. The lowest BCUT2D eigenvalue weighted by Gasteiger charge is -2.40. The molecule has 0 spiro atoms. The maximum Gasteiger partial charge on any atom is 0.223 e. The third kappa shape index (κ3) is 4.49. The quantitative estimate of drug-likeness (QED) is 0.746. The molecule has 1 aliphatic rings. The molecule has 1 rings (SSSR count). The van der Waals surface area contributed by atoms with Gasteiger partial charge in [-0.2, -0.15) is 11.8 Å². The third-order valence-corrected chi connectivity index (χ3v) is 5.30. The van der Waals surface area contributed by atoms with Crippen molar-refractivity contribution in [1.29, 1.82) is 0 Å². The molecule has 0 aromatic heterocycles. The SMILES string of the molecule is CSCCCNC(=O)C1CCCC(C)(C(C)C)C1. The summed E-state index contributed by atoms with van der Waals surface area (Å²) in [5.74, 6) is 2.35. The lowest BCUT2D eigenvalue weighted by atomic mass is 9.65. The van der Waals surface area contributed by atoms with Gasteiger partial charge in [0, 0.05) is 12.5 Å². The van der Waals surface area contributed by atoms with E-state index in [9.17, 15) is 4.79 Å². The Balaban J connectivity index is 2.39. The van der Waals surface area contributed by atoms with E-state index in [4.69, 9.17) is 0 Å². The highest BCUT2D eigenvalue weighted by molar-refractivity contribution is 7.98. The summed E-state index contributed by atoms with van der Waals surface area (Å²) in [5, 5.41) is 3.11. The average Bonchev–Trinajstić information content (AvgIpc) is 2.34. The third-order valence-electron chi connectivity index (χ3n) is 4.60. The molecule has 2 atom stereocenters. The molecular weight excluding hydrogens is 242 g/mol. The first kappa shape index (κ1) is 15.9. The Morgan fingerprint density at radius 3 is 2.83 bits per heavy atom. The molecule has 2 nitrogen and oxygen atoms in total. The Labute approximate surface area is 117 Å². The number of thioether (sulfide) groups is 1. The second-order valence-electron chi connectivity index (χ2n) is 6.24. The summed E-state index contributed by atoms with van der Waals surface area (Å²) in [4.78, 5) is 12.2. The van der Waals surface area contributed by atoms with E-state index in [-0.39, 0.29) is 5.92 Å². The summed E-state index contributed by atoms with van der Waals surface area (Å²) in [6.45, 7) is 7.77. The number of carbonyl (C=O) groups excluding carboxylic acids is 1. The normalized spacial score (nSPS) is 28.4. The maximum absolute atomic E-state index is 12.2. The molecule has 106 valence electrons. The molecule has 0 aromatic rings. The van der Waals surface area contributed by atoms with Crippen molar-refractivity contribution >= 4 is 17.7 Å². The van der Waals surface area contributed by atoms with Crippen molar-refractivity contribution in [3.8, 4) is 0 Å². The van der Waals surface area contributed by atoms with Gasteiger partial charge in [-0.25, -0.2) is 0 Å². The predicted octanol–water partition coefficient (Wildman–Crippen LogP) is 3.71. The largest absolute Gasteiger partial charge is 0.356 e. The van der Waals surface area contributed by atoms with E-state index in [1.54, 1.807) is 0 Å². The first-order chi connectivity index (χ1) is 8.49. The van der Waals surface area contributed by atoms with E-state index in [1.807, 2.05) is 11.8 Å². The van der Waals surface area contributed by atoms with Crippen molar-refractivity contribution in [1.82, 2.24) is 5.32 Å². The highest BCUT2D eigenvalue weighted by Crippen LogP contribution is 2.44. The zero-order valence-electron chi connectivity index (χ0n) is 12.4. The van der Waals surface area contributed by atoms with E-state index >= 15 is 0 Å². The fourth-order valence-corrected chi connectivity index (χ4v) is 3.27. The average molecular weight is 271 g/mol. The Morgan fingerprint density at radius 2 is 2.22 bits per heavy atom. The minimum atomic E-state index is 0.250. The van der Waals surface area contributed by atoms with Gasteiger partial charge in [0.25, 0.3) is 0 Å². The fraction of sp³-hybridized carbons (Fsp3) is 0.933. The van der Waals surface area contributed by atoms with Crippen LogP contribution in [0.1, 0.15) is 52.9 Å². The van der Waals surface area contributed by atoms with Crippen LogP contribution in [0.4, 0.5) is 0 Å². The number of nitrogens with one attached hydrogen (secondary N) is 1. The second kappa shape index (κ2) is 7.42. The number of amides is 1. The van der Waals surface area contributed by atoms with Crippen LogP contribution in [-0.2, 0) is 4.79 Å². The number of hydrogen-bond donors (Lipinski definition) is 1. The Bertz CT molecular complexity index is 267. The minimum absolute atomic E-state index is 0.250. The van der Waals surface area contributed by atoms with Crippen molar-refractivity contribution < 1.29 is 4.79 Å². The van der Waals surface area contributed by atoms with Gasteiger partial charge in [-0.05, 0) is 49.0 Å². The number of rotatable bonds is 6. The van der Waals surface area contributed by atoms with Crippen LogP contribution in [0, 0.1) is 17.3 Å². The second-order valence-corrected chi connectivity index (χ2v) is 7.22. The van der Waals surface area contributed by atoms with Crippen LogP contribution in [0.2, 0.25) is 0 Å². The van der Waals surface area contributed by atoms with Gasteiger partial charge in [0.05, 0.1) is 0 Å². The Morgan fingerprint density at radius 1 is 1.50 bits per heavy atom. The zero-order valence-corrected chi connectivity index (χ0v) is 13.2. The fourth-order valence-electron chi connectivity index (χ4n) is 2.84. The molecule has 3 heteroatoms. The van der Waals surface area contributed by atoms with E-state index < -0.39 is 0 Å². The minimum Gasteiger partial charge on any atom is -0.356 e. The summed E-state index contributed by atoms with van der Waals surface area (Å²) in [6, 6.07) is 0. The summed E-state index contributed by atoms with van der Waals surface area (Å²) < 4.78 is 0. The van der Waals surface area contributed by atoms with E-state index in [2.05, 4.69) is 32.3 Å². The zero-order chi connectivity index (χ0) is 13.6. The van der Waals surface area contributed by atoms with E-state index in [0.717, 1.165) is 31.6 Å². The van der Waals surface area contributed by atoms with Crippen molar-refractivity contribution in [3.63, 3.8) is 0 Å². The van der Waals surface area contributed by atoms with Gasteiger partial charge < -0.3 is 5.32 Å². The molecule has 1 saturated carbocycles. The molecule has 1 amide bonds. The van der Waals surface area contributed by atoms with Gasteiger partial charge in [-0.1, -0.05) is 27.2 Å². The molecule has 0 heterocycles. The van der Waals surface area contributed by atoms with Crippen molar-refractivity contribution in [3.05, 3.63) is 0 Å². The van der Waals surface area contributed by atoms with Crippen LogP contribution in [-0.4, -0.2) is 24.5 Å². The van der Waals surface area contributed by atoms with Crippen LogP contribution in [0.5, 0.6) is 0 Å². The molecule has 1 aliphatic carbocycles. The Kier molecular flexibility index (Phi) is 6.54. The van der Waals surface area contributed by atoms with Crippen LogP contribution >= 0.6 is 11.8 Å². The van der Waals surface area contributed by atoms with Crippen molar-refractivity contribution in [2.75, 3.05) is 18.6 Å². The first-order valence-corrected chi connectivity index (χ1v) is 8.65. The molecule has 0 aliphatic heterocycles. The lowest BCUT2D eigenvalue weighted by molar-refractivity contribution is -0.127. The highest BCUT2D eigenvalue weighted by atomic mass is 32.2. The molecule has 0 aromatic carbocycles. The first-order valence-electron chi connectivity index (χ1n) is 7.26.